The summed E-state index contributed by atoms with van der Waals surface area (Å²) in [6.45, 7) is 0. The minimum absolute atomic E-state index is 0. The third-order valence-electron chi connectivity index (χ3n) is 1.35. The Bertz CT molecular complexity index is 265. The van der Waals surface area contributed by atoms with Gasteiger partial charge in [0.05, 0.1) is 19.0 Å². The number of nitrogen functional groups attached to an aromatic ring is 1. The van der Waals surface area contributed by atoms with Crippen molar-refractivity contribution in [1.82, 2.24) is 9.78 Å². The van der Waals surface area contributed by atoms with Crippen LogP contribution in [0.15, 0.2) is 6.20 Å². The molecule has 0 unspecified atom stereocenters. The zero-order chi connectivity index (χ0) is 8.43. The van der Waals surface area contributed by atoms with Crippen molar-refractivity contribution in [2.24, 2.45) is 7.05 Å². The van der Waals surface area contributed by atoms with Crippen molar-refractivity contribution >= 4 is 24.1 Å². The molecule has 0 saturated heterocycles. The number of ether oxygens (including phenoxy) is 1. The SMILES string of the molecule is COC(=O)c1c(N)cnn1C.Cl. The van der Waals surface area contributed by atoms with Gasteiger partial charge in [-0.05, 0) is 0 Å². The highest BCUT2D eigenvalue weighted by Crippen LogP contribution is 2.09. The van der Waals surface area contributed by atoms with E-state index >= 15 is 0 Å². The van der Waals surface area contributed by atoms with E-state index < -0.39 is 5.97 Å². The molecule has 2 N–H and O–H groups in total. The van der Waals surface area contributed by atoms with Crippen LogP contribution in [0, 0.1) is 0 Å². The van der Waals surface area contributed by atoms with Gasteiger partial charge in [-0.25, -0.2) is 4.79 Å². The van der Waals surface area contributed by atoms with E-state index in [4.69, 9.17) is 5.73 Å². The Morgan fingerprint density at radius 3 is 2.67 bits per heavy atom. The minimum atomic E-state index is -0.470. The highest BCUT2D eigenvalue weighted by atomic mass is 35.5. The number of anilines is 1. The van der Waals surface area contributed by atoms with Crippen LogP contribution < -0.4 is 5.73 Å². The van der Waals surface area contributed by atoms with E-state index in [2.05, 4.69) is 9.84 Å². The first-order chi connectivity index (χ1) is 5.16. The molecule has 0 saturated carbocycles. The molecule has 12 heavy (non-hydrogen) atoms. The molecule has 0 radical (unpaired) electrons. The Kier molecular flexibility index (Phi) is 3.56. The van der Waals surface area contributed by atoms with Crippen molar-refractivity contribution in [3.63, 3.8) is 0 Å². The van der Waals surface area contributed by atoms with Crippen LogP contribution in [0.1, 0.15) is 10.5 Å². The van der Waals surface area contributed by atoms with Crippen LogP contribution in [0.3, 0.4) is 0 Å². The molecular weight excluding hydrogens is 182 g/mol. The van der Waals surface area contributed by atoms with Gasteiger partial charge in [-0.1, -0.05) is 0 Å². The van der Waals surface area contributed by atoms with Crippen LogP contribution in [-0.4, -0.2) is 22.9 Å². The van der Waals surface area contributed by atoms with Crippen LogP contribution in [0.4, 0.5) is 5.69 Å². The van der Waals surface area contributed by atoms with E-state index in [0.717, 1.165) is 0 Å². The fourth-order valence-electron chi connectivity index (χ4n) is 0.801. The zero-order valence-corrected chi connectivity index (χ0v) is 7.59. The third-order valence-corrected chi connectivity index (χ3v) is 1.35. The lowest BCUT2D eigenvalue weighted by Crippen LogP contribution is -2.10. The second kappa shape index (κ2) is 3.96. The number of nitrogens with two attached hydrogens (primary N) is 1. The van der Waals surface area contributed by atoms with Crippen LogP contribution in [0.2, 0.25) is 0 Å². The number of carbonyl (C=O) groups excluding carboxylic acids is 1. The molecule has 0 bridgehead atoms. The Morgan fingerprint density at radius 2 is 2.33 bits per heavy atom. The molecule has 1 heterocycles. The average molecular weight is 192 g/mol. The molecule has 68 valence electrons. The molecule has 0 amide bonds. The first-order valence-corrected chi connectivity index (χ1v) is 3.02. The Labute approximate surface area is 75.9 Å². The van der Waals surface area contributed by atoms with Gasteiger partial charge in [-0.3, -0.25) is 4.68 Å². The van der Waals surface area contributed by atoms with Crippen molar-refractivity contribution in [1.29, 1.82) is 0 Å². The van der Waals surface area contributed by atoms with Crippen molar-refractivity contribution < 1.29 is 9.53 Å². The van der Waals surface area contributed by atoms with Gasteiger partial charge in [0.25, 0.3) is 0 Å². The van der Waals surface area contributed by atoms with Crippen molar-refractivity contribution in [3.8, 4) is 0 Å². The lowest BCUT2D eigenvalue weighted by atomic mass is 10.4. The standard InChI is InChI=1S/C6H9N3O2.ClH/c1-9-5(6(10)11-2)4(7)3-8-9;/h3H,7H2,1-2H3;1H. The topological polar surface area (TPSA) is 70.1 Å². The van der Waals surface area contributed by atoms with Crippen LogP contribution in [-0.2, 0) is 11.8 Å². The van der Waals surface area contributed by atoms with Crippen molar-refractivity contribution in [2.45, 2.75) is 0 Å². The van der Waals surface area contributed by atoms with Gasteiger partial charge in [0, 0.05) is 7.05 Å². The number of methoxy groups -OCH3 is 1. The van der Waals surface area contributed by atoms with E-state index in [1.165, 1.54) is 18.0 Å². The molecule has 0 spiro atoms. The number of esters is 1. The number of halogens is 1. The smallest absolute Gasteiger partial charge is 0.358 e. The quantitative estimate of drug-likeness (QED) is 0.645. The van der Waals surface area contributed by atoms with Crippen LogP contribution in [0.5, 0.6) is 0 Å². The summed E-state index contributed by atoms with van der Waals surface area (Å²) in [4.78, 5) is 11.0. The summed E-state index contributed by atoms with van der Waals surface area (Å²) < 4.78 is 5.85. The molecule has 0 aromatic carbocycles. The molecule has 1 aromatic rings. The van der Waals surface area contributed by atoms with Gasteiger partial charge in [0.1, 0.15) is 0 Å². The summed E-state index contributed by atoms with van der Waals surface area (Å²) in [6.07, 6.45) is 1.41. The molecule has 0 aliphatic rings. The van der Waals surface area contributed by atoms with Gasteiger partial charge in [-0.15, -0.1) is 12.4 Å². The lowest BCUT2D eigenvalue weighted by molar-refractivity contribution is 0.0589. The molecule has 0 fully saturated rings. The van der Waals surface area contributed by atoms with Gasteiger partial charge in [-0.2, -0.15) is 5.10 Å². The Morgan fingerprint density at radius 1 is 1.75 bits per heavy atom. The molecule has 1 rings (SSSR count). The summed E-state index contributed by atoms with van der Waals surface area (Å²) in [5, 5.41) is 3.78. The Hall–Kier alpha value is -1.23. The molecule has 6 heteroatoms. The van der Waals surface area contributed by atoms with Crippen molar-refractivity contribution in [3.05, 3.63) is 11.9 Å². The lowest BCUT2D eigenvalue weighted by Gasteiger charge is -1.99. The normalized spacial score (nSPS) is 8.83. The third kappa shape index (κ3) is 1.68. The minimum Gasteiger partial charge on any atom is -0.464 e. The van der Waals surface area contributed by atoms with Gasteiger partial charge >= 0.3 is 5.97 Å². The predicted octanol–water partition coefficient (Wildman–Crippen LogP) is 0.211. The van der Waals surface area contributed by atoms with Crippen LogP contribution >= 0.6 is 12.4 Å². The molecule has 0 aliphatic carbocycles. The summed E-state index contributed by atoms with van der Waals surface area (Å²) >= 11 is 0. The number of hydrogen-bond acceptors (Lipinski definition) is 4. The van der Waals surface area contributed by atoms with E-state index in [0.29, 0.717) is 5.69 Å². The summed E-state index contributed by atoms with van der Waals surface area (Å²) in [7, 11) is 2.93. The monoisotopic (exact) mass is 191 g/mol. The first-order valence-electron chi connectivity index (χ1n) is 3.02. The average Bonchev–Trinajstić information content (AvgIpc) is 2.30. The zero-order valence-electron chi connectivity index (χ0n) is 6.77. The highest BCUT2D eigenvalue weighted by Gasteiger charge is 2.14. The fourth-order valence-corrected chi connectivity index (χ4v) is 0.801. The molecule has 0 atom stereocenters. The number of rotatable bonds is 1. The van der Waals surface area contributed by atoms with Gasteiger partial charge in [0.2, 0.25) is 0 Å². The Balaban J connectivity index is 0.00000121. The second-order valence-corrected chi connectivity index (χ2v) is 2.06. The maximum atomic E-state index is 11.0. The number of hydrogen-bond donors (Lipinski definition) is 1. The van der Waals surface area contributed by atoms with Gasteiger partial charge in [0.15, 0.2) is 5.69 Å². The summed E-state index contributed by atoms with van der Waals surface area (Å²) in [5.41, 5.74) is 6.05. The van der Waals surface area contributed by atoms with E-state index in [1.54, 1.807) is 7.05 Å². The largest absolute Gasteiger partial charge is 0.464 e. The molecule has 0 aliphatic heterocycles. The molecular formula is C6H10ClN3O2. The first kappa shape index (κ1) is 10.8. The number of aryl methyl sites for hydroxylation is 1. The van der Waals surface area contributed by atoms with Crippen LogP contribution in [0.25, 0.3) is 0 Å². The number of carbonyl (C=O) groups is 1. The number of aromatic nitrogens is 2. The second-order valence-electron chi connectivity index (χ2n) is 2.06. The maximum absolute atomic E-state index is 11.0. The van der Waals surface area contributed by atoms with Gasteiger partial charge < -0.3 is 10.5 Å². The fraction of sp³-hybridized carbons (Fsp3) is 0.333. The molecule has 5 nitrogen and oxygen atoms in total. The summed E-state index contributed by atoms with van der Waals surface area (Å²) in [5.74, 6) is -0.470. The maximum Gasteiger partial charge on any atom is 0.358 e. The molecule has 1 aromatic heterocycles. The van der Waals surface area contributed by atoms with E-state index in [1.807, 2.05) is 0 Å². The number of nitrogens with zero attached hydrogens (tertiary/aromatic N) is 2. The predicted molar refractivity (Wildman–Crippen MR) is 46.2 cm³/mol. The van der Waals surface area contributed by atoms with Crippen molar-refractivity contribution in [2.75, 3.05) is 12.8 Å². The van der Waals surface area contributed by atoms with E-state index in [9.17, 15) is 4.79 Å². The van der Waals surface area contributed by atoms with E-state index in [-0.39, 0.29) is 18.1 Å². The summed E-state index contributed by atoms with van der Waals surface area (Å²) in [6, 6.07) is 0. The highest BCUT2D eigenvalue weighted by molar-refractivity contribution is 5.92.